The highest BCUT2D eigenvalue weighted by Gasteiger charge is 2.27. The van der Waals surface area contributed by atoms with E-state index < -0.39 is 23.5 Å². The highest BCUT2D eigenvalue weighted by molar-refractivity contribution is 5.70. The quantitative estimate of drug-likeness (QED) is 0.582. The van der Waals surface area contributed by atoms with E-state index in [9.17, 15) is 9.59 Å². The van der Waals surface area contributed by atoms with Crippen LogP contribution in [0.1, 0.15) is 61.3 Å². The number of hydrogen-bond donors (Lipinski definition) is 0. The summed E-state index contributed by atoms with van der Waals surface area (Å²) in [7, 11) is 0. The average molecular weight is 289 g/mol. The first-order valence-corrected chi connectivity index (χ1v) is 6.86. The Morgan fingerprint density at radius 2 is 1.45 bits per heavy atom. The van der Waals surface area contributed by atoms with Gasteiger partial charge in [0, 0.05) is 0 Å². The lowest BCUT2D eigenvalue weighted by Gasteiger charge is -2.27. The summed E-state index contributed by atoms with van der Waals surface area (Å²) in [4.78, 5) is 28.5. The van der Waals surface area contributed by atoms with Gasteiger partial charge in [0.1, 0.15) is 11.2 Å². The Hall–Kier alpha value is -1.46. The molecule has 0 radical (unpaired) electrons. The predicted molar refractivity (Wildman–Crippen MR) is 75.2 cm³/mol. The molecule has 0 aliphatic rings. The summed E-state index contributed by atoms with van der Waals surface area (Å²) in [6.07, 6.45) is -0.0600. The fourth-order valence-electron chi connectivity index (χ4n) is 1.15. The number of rotatable bonds is 3. The second-order valence-corrected chi connectivity index (χ2v) is 6.49. The maximum atomic E-state index is 11.9. The Bertz CT molecular complexity index is 327. The molecule has 0 aromatic heterocycles. The number of ether oxygens (including phenoxy) is 2. The lowest BCUT2D eigenvalue weighted by molar-refractivity contribution is -0.136. The molecule has 1 amide bonds. The van der Waals surface area contributed by atoms with Gasteiger partial charge in [-0.25, -0.2) is 9.59 Å². The number of carbonyl (C=O) groups excluding carboxylic acids is 2. The molecule has 6 heteroatoms. The minimum atomic E-state index is -0.917. The smallest absolute Gasteiger partial charge is 0.442 e. The zero-order valence-corrected chi connectivity index (χ0v) is 13.6. The summed E-state index contributed by atoms with van der Waals surface area (Å²) in [5.74, 6) is 0. The van der Waals surface area contributed by atoms with E-state index >= 15 is 0 Å². The summed E-state index contributed by atoms with van der Waals surface area (Å²) in [6.45, 7) is 12.6. The van der Waals surface area contributed by atoms with Crippen LogP contribution < -0.4 is 0 Å². The molecule has 0 spiro atoms. The molecular weight excluding hydrogens is 262 g/mol. The van der Waals surface area contributed by atoms with Crippen LogP contribution in [0.15, 0.2) is 0 Å². The number of hydrogen-bond acceptors (Lipinski definition) is 5. The Morgan fingerprint density at radius 1 is 0.950 bits per heavy atom. The van der Waals surface area contributed by atoms with Gasteiger partial charge < -0.3 is 14.3 Å². The van der Waals surface area contributed by atoms with Crippen molar-refractivity contribution in [3.63, 3.8) is 0 Å². The minimum Gasteiger partial charge on any atom is -0.442 e. The lowest BCUT2D eigenvalue weighted by Crippen LogP contribution is -2.40. The van der Waals surface area contributed by atoms with E-state index in [4.69, 9.17) is 14.3 Å². The molecule has 118 valence electrons. The zero-order valence-electron chi connectivity index (χ0n) is 13.6. The van der Waals surface area contributed by atoms with Crippen LogP contribution in [0.2, 0.25) is 0 Å². The molecule has 0 heterocycles. The van der Waals surface area contributed by atoms with Crippen molar-refractivity contribution in [2.24, 2.45) is 0 Å². The predicted octanol–water partition coefficient (Wildman–Crippen LogP) is 3.89. The number of nitrogens with zero attached hydrogens (tertiary/aromatic N) is 1. The Balaban J connectivity index is 4.63. The van der Waals surface area contributed by atoms with E-state index in [1.165, 1.54) is 0 Å². The molecule has 20 heavy (non-hydrogen) atoms. The summed E-state index contributed by atoms with van der Waals surface area (Å²) < 4.78 is 10.2. The first kappa shape index (κ1) is 18.5. The molecule has 0 bridgehead atoms. The van der Waals surface area contributed by atoms with E-state index in [0.29, 0.717) is 6.42 Å². The highest BCUT2D eigenvalue weighted by atomic mass is 16.8. The molecule has 0 unspecified atom stereocenters. The monoisotopic (exact) mass is 289 g/mol. The van der Waals surface area contributed by atoms with Crippen LogP contribution in [0.3, 0.4) is 0 Å². The third-order valence-electron chi connectivity index (χ3n) is 1.89. The summed E-state index contributed by atoms with van der Waals surface area (Å²) in [6, 6.07) is 0. The second-order valence-electron chi connectivity index (χ2n) is 6.49. The lowest BCUT2D eigenvalue weighted by atomic mass is 10.2. The van der Waals surface area contributed by atoms with Crippen molar-refractivity contribution >= 4 is 12.2 Å². The van der Waals surface area contributed by atoms with E-state index in [1.54, 1.807) is 41.5 Å². The van der Waals surface area contributed by atoms with Gasteiger partial charge in [0.05, 0.1) is 6.54 Å². The number of hydroxylamine groups is 2. The van der Waals surface area contributed by atoms with Crippen LogP contribution in [0.4, 0.5) is 9.59 Å². The molecule has 0 aliphatic heterocycles. The average Bonchev–Trinajstić information content (AvgIpc) is 2.18. The van der Waals surface area contributed by atoms with Crippen molar-refractivity contribution in [1.29, 1.82) is 0 Å². The molecule has 6 nitrogen and oxygen atoms in total. The first-order valence-electron chi connectivity index (χ1n) is 6.86. The standard InChI is InChI=1S/C14H27NO5/c1-8-9-10-15(11(16)18-13(2,3)4)20-12(17)19-14(5,6)7/h8-10H2,1-7H3. The van der Waals surface area contributed by atoms with Crippen LogP contribution in [0.5, 0.6) is 0 Å². The van der Waals surface area contributed by atoms with Crippen molar-refractivity contribution in [3.05, 3.63) is 0 Å². The molecule has 0 saturated carbocycles. The number of carbonyl (C=O) groups is 2. The van der Waals surface area contributed by atoms with Gasteiger partial charge in [0.25, 0.3) is 0 Å². The molecule has 0 atom stereocenters. The van der Waals surface area contributed by atoms with Crippen LogP contribution in [-0.2, 0) is 14.3 Å². The Labute approximate surface area is 121 Å². The zero-order chi connectivity index (χ0) is 16.0. The molecule has 0 aromatic rings. The van der Waals surface area contributed by atoms with Gasteiger partial charge in [-0.15, -0.1) is 5.06 Å². The normalized spacial score (nSPS) is 11.8. The minimum absolute atomic E-state index is 0.269. The van der Waals surface area contributed by atoms with E-state index in [-0.39, 0.29) is 6.54 Å². The number of unbranched alkanes of at least 4 members (excludes halogenated alkanes) is 1. The Morgan fingerprint density at radius 3 is 1.85 bits per heavy atom. The topological polar surface area (TPSA) is 65.1 Å². The molecule has 0 aliphatic carbocycles. The van der Waals surface area contributed by atoms with Crippen LogP contribution >= 0.6 is 0 Å². The summed E-state index contributed by atoms with van der Waals surface area (Å²) >= 11 is 0. The third-order valence-corrected chi connectivity index (χ3v) is 1.89. The van der Waals surface area contributed by atoms with Gasteiger partial charge in [0.15, 0.2) is 0 Å². The van der Waals surface area contributed by atoms with E-state index in [0.717, 1.165) is 11.5 Å². The largest absolute Gasteiger partial charge is 0.534 e. The SMILES string of the molecule is CCCCN(OC(=O)OC(C)(C)C)C(=O)OC(C)(C)C. The molecule has 0 N–H and O–H groups in total. The second kappa shape index (κ2) is 7.36. The van der Waals surface area contributed by atoms with Gasteiger partial charge in [0.2, 0.25) is 0 Å². The van der Waals surface area contributed by atoms with Crippen LogP contribution in [0.25, 0.3) is 0 Å². The highest BCUT2D eigenvalue weighted by Crippen LogP contribution is 2.13. The van der Waals surface area contributed by atoms with Crippen LogP contribution in [-0.4, -0.2) is 35.1 Å². The molecule has 0 fully saturated rings. The van der Waals surface area contributed by atoms with Crippen molar-refractivity contribution < 1.29 is 23.9 Å². The molecule has 0 saturated heterocycles. The van der Waals surface area contributed by atoms with Gasteiger partial charge in [-0.05, 0) is 48.0 Å². The first-order chi connectivity index (χ1) is 8.94. The maximum Gasteiger partial charge on any atom is 0.534 e. The fourth-order valence-corrected chi connectivity index (χ4v) is 1.15. The van der Waals surface area contributed by atoms with Crippen molar-refractivity contribution in [2.45, 2.75) is 72.5 Å². The van der Waals surface area contributed by atoms with E-state index in [1.807, 2.05) is 6.92 Å². The molecule has 0 rings (SSSR count). The van der Waals surface area contributed by atoms with Crippen molar-refractivity contribution in [1.82, 2.24) is 5.06 Å². The third kappa shape index (κ3) is 9.47. The summed E-state index contributed by atoms with van der Waals surface area (Å²) in [5.41, 5.74) is -1.33. The van der Waals surface area contributed by atoms with Crippen LogP contribution in [0, 0.1) is 0 Å². The van der Waals surface area contributed by atoms with Gasteiger partial charge in [-0.2, -0.15) is 0 Å². The van der Waals surface area contributed by atoms with Gasteiger partial charge in [-0.3, -0.25) is 0 Å². The molecular formula is C14H27NO5. The van der Waals surface area contributed by atoms with Gasteiger partial charge >= 0.3 is 12.2 Å². The van der Waals surface area contributed by atoms with Crippen molar-refractivity contribution in [3.8, 4) is 0 Å². The fraction of sp³-hybridized carbons (Fsp3) is 0.857. The Kier molecular flexibility index (Phi) is 6.82. The maximum absolute atomic E-state index is 11.9. The van der Waals surface area contributed by atoms with Crippen molar-refractivity contribution in [2.75, 3.05) is 6.54 Å². The van der Waals surface area contributed by atoms with Gasteiger partial charge in [-0.1, -0.05) is 13.3 Å². The molecule has 0 aromatic carbocycles. The van der Waals surface area contributed by atoms with E-state index in [2.05, 4.69) is 0 Å². The summed E-state index contributed by atoms with van der Waals surface area (Å²) in [5, 5.41) is 0.906. The number of amides is 1.